The van der Waals surface area contributed by atoms with Crippen molar-refractivity contribution in [1.82, 2.24) is 0 Å². The molecule has 1 heterocycles. The van der Waals surface area contributed by atoms with E-state index in [1.54, 1.807) is 20.8 Å². The van der Waals surface area contributed by atoms with E-state index < -0.39 is 23.6 Å². The lowest BCUT2D eigenvalue weighted by Gasteiger charge is -2.13. The van der Waals surface area contributed by atoms with Crippen molar-refractivity contribution in [1.29, 1.82) is 0 Å². The summed E-state index contributed by atoms with van der Waals surface area (Å²) in [5.41, 5.74) is 0.425. The van der Waals surface area contributed by atoms with E-state index >= 15 is 0 Å². The first-order chi connectivity index (χ1) is 13.7. The average Bonchev–Trinajstić information content (AvgIpc) is 2.94. The zero-order chi connectivity index (χ0) is 21.7. The first kappa shape index (κ1) is 23.2. The summed E-state index contributed by atoms with van der Waals surface area (Å²) in [5.74, 6) is -2.84. The third-order valence-corrected chi connectivity index (χ3v) is 5.58. The summed E-state index contributed by atoms with van der Waals surface area (Å²) >= 11 is 9.20. The molecule has 0 amide bonds. The highest BCUT2D eigenvalue weighted by atomic mass is 79.9. The van der Waals surface area contributed by atoms with Crippen molar-refractivity contribution in [3.8, 4) is 0 Å². The molecule has 0 aliphatic rings. The summed E-state index contributed by atoms with van der Waals surface area (Å²) in [5, 5.41) is 5.55. The molecule has 11 heteroatoms. The Balaban J connectivity index is 2.35. The Morgan fingerprint density at radius 2 is 1.76 bits per heavy atom. The van der Waals surface area contributed by atoms with Crippen LogP contribution >= 0.6 is 39.5 Å². The molecular weight excluding hydrogens is 490 g/mol. The molecule has 1 aromatic carbocycles. The Morgan fingerprint density at radius 1 is 1.14 bits per heavy atom. The van der Waals surface area contributed by atoms with Crippen LogP contribution in [0.5, 0.6) is 0 Å². The molecule has 0 saturated carbocycles. The summed E-state index contributed by atoms with van der Waals surface area (Å²) in [4.78, 5) is 24.8. The van der Waals surface area contributed by atoms with Crippen LogP contribution in [-0.4, -0.2) is 30.3 Å². The fourth-order valence-electron chi connectivity index (χ4n) is 2.35. The fraction of sp³-hybridized carbons (Fsp3) is 0.278. The molecule has 0 unspecified atom stereocenters. The van der Waals surface area contributed by atoms with Crippen LogP contribution in [-0.2, 0) is 9.47 Å². The van der Waals surface area contributed by atoms with Gasteiger partial charge in [-0.3, -0.25) is 0 Å². The zero-order valence-electron chi connectivity index (χ0n) is 15.7. The van der Waals surface area contributed by atoms with Gasteiger partial charge >= 0.3 is 11.9 Å². The number of ether oxygens (including phenoxy) is 2. The number of hydrogen-bond acceptors (Lipinski definition) is 6. The number of hydrogen-bond donors (Lipinski definition) is 2. The van der Waals surface area contributed by atoms with E-state index in [1.807, 2.05) is 0 Å². The lowest BCUT2D eigenvalue weighted by atomic mass is 10.1. The minimum Gasteiger partial charge on any atom is -0.462 e. The van der Waals surface area contributed by atoms with Gasteiger partial charge in [0.1, 0.15) is 15.7 Å². The van der Waals surface area contributed by atoms with Crippen LogP contribution in [0.15, 0.2) is 16.6 Å². The molecule has 29 heavy (non-hydrogen) atoms. The molecule has 0 aliphatic heterocycles. The van der Waals surface area contributed by atoms with Crippen molar-refractivity contribution in [2.24, 2.45) is 0 Å². The maximum absolute atomic E-state index is 14.0. The molecule has 1 aromatic heterocycles. The Bertz CT molecular complexity index is 943. The molecular formula is C18H17BrF2N2O4S2. The Labute approximate surface area is 183 Å². The van der Waals surface area contributed by atoms with E-state index in [1.165, 1.54) is 0 Å². The van der Waals surface area contributed by atoms with Gasteiger partial charge in [0.15, 0.2) is 10.9 Å². The van der Waals surface area contributed by atoms with Crippen LogP contribution in [0.2, 0.25) is 0 Å². The third-order valence-electron chi connectivity index (χ3n) is 3.56. The molecule has 2 N–H and O–H groups in total. The van der Waals surface area contributed by atoms with E-state index in [0.717, 1.165) is 17.4 Å². The number of esters is 2. The molecule has 6 nitrogen and oxygen atoms in total. The minimum absolute atomic E-state index is 0.0709. The van der Waals surface area contributed by atoms with Gasteiger partial charge in [-0.25, -0.2) is 18.4 Å². The summed E-state index contributed by atoms with van der Waals surface area (Å²) in [6.07, 6.45) is 0. The van der Waals surface area contributed by atoms with E-state index in [9.17, 15) is 18.4 Å². The molecule has 0 atom stereocenters. The van der Waals surface area contributed by atoms with Crippen molar-refractivity contribution in [2.45, 2.75) is 20.8 Å². The maximum atomic E-state index is 14.0. The van der Waals surface area contributed by atoms with Gasteiger partial charge in [0.25, 0.3) is 0 Å². The van der Waals surface area contributed by atoms with Crippen LogP contribution < -0.4 is 10.6 Å². The van der Waals surface area contributed by atoms with Gasteiger partial charge in [0.05, 0.1) is 24.5 Å². The molecule has 2 rings (SSSR count). The largest absolute Gasteiger partial charge is 0.462 e. The second-order valence-corrected chi connectivity index (χ2v) is 7.81. The first-order valence-corrected chi connectivity index (χ1v) is 10.4. The van der Waals surface area contributed by atoms with Crippen LogP contribution in [0.3, 0.4) is 0 Å². The van der Waals surface area contributed by atoms with Gasteiger partial charge in [0.2, 0.25) is 0 Å². The lowest BCUT2D eigenvalue weighted by molar-refractivity contribution is 0.0527. The second-order valence-electron chi connectivity index (χ2n) is 5.52. The number of thiocarbonyl (C=S) groups is 1. The molecule has 0 fully saturated rings. The SMILES string of the molecule is CCOC(=O)c1sc(NC(=S)Nc2c(F)cc(F)cc2Br)c(C(=O)OCC)c1C. The van der Waals surface area contributed by atoms with E-state index in [2.05, 4.69) is 26.6 Å². The lowest BCUT2D eigenvalue weighted by Crippen LogP contribution is -2.21. The number of thiophene rings is 1. The number of rotatable bonds is 6. The maximum Gasteiger partial charge on any atom is 0.348 e. The van der Waals surface area contributed by atoms with Gasteiger partial charge in [0, 0.05) is 10.5 Å². The van der Waals surface area contributed by atoms with Crippen LogP contribution in [0.1, 0.15) is 39.4 Å². The number of nitrogens with one attached hydrogen (secondary N) is 2. The molecule has 2 aromatic rings. The molecule has 0 bridgehead atoms. The Kier molecular flexibility index (Phi) is 8.05. The Morgan fingerprint density at radius 3 is 2.34 bits per heavy atom. The average molecular weight is 507 g/mol. The number of benzene rings is 1. The number of anilines is 2. The van der Waals surface area contributed by atoms with Crippen molar-refractivity contribution >= 4 is 67.2 Å². The molecule has 0 saturated heterocycles. The highest BCUT2D eigenvalue weighted by molar-refractivity contribution is 9.10. The molecule has 0 spiro atoms. The quantitative estimate of drug-likeness (QED) is 0.408. The topological polar surface area (TPSA) is 76.7 Å². The normalized spacial score (nSPS) is 10.4. The summed E-state index contributed by atoms with van der Waals surface area (Å²) in [6.45, 7) is 5.22. The number of halogens is 3. The van der Waals surface area contributed by atoms with Gasteiger partial charge in [-0.05, 0) is 60.5 Å². The zero-order valence-corrected chi connectivity index (χ0v) is 18.9. The standard InChI is InChI=1S/C18H17BrF2N2O4S2/c1-4-26-16(24)12-8(3)14(17(25)27-5-2)29-15(12)23-18(28)22-13-10(19)6-9(20)7-11(13)21/h6-7H,4-5H2,1-3H3,(H2,22,23,28). The summed E-state index contributed by atoms with van der Waals surface area (Å²) in [6, 6.07) is 1.78. The van der Waals surface area contributed by atoms with Crippen molar-refractivity contribution in [2.75, 3.05) is 23.8 Å². The van der Waals surface area contributed by atoms with Crippen LogP contribution in [0, 0.1) is 18.6 Å². The van der Waals surface area contributed by atoms with E-state index in [-0.39, 0.29) is 43.9 Å². The molecule has 0 aliphatic carbocycles. The highest BCUT2D eigenvalue weighted by Gasteiger charge is 2.27. The first-order valence-electron chi connectivity index (χ1n) is 8.39. The Hall–Kier alpha value is -2.11. The smallest absolute Gasteiger partial charge is 0.348 e. The van der Waals surface area contributed by atoms with E-state index in [4.69, 9.17) is 21.7 Å². The van der Waals surface area contributed by atoms with Crippen molar-refractivity contribution in [3.63, 3.8) is 0 Å². The number of carbonyl (C=O) groups excluding carboxylic acids is 2. The molecule has 0 radical (unpaired) electrons. The van der Waals surface area contributed by atoms with Crippen molar-refractivity contribution in [3.05, 3.63) is 44.2 Å². The fourth-order valence-corrected chi connectivity index (χ4v) is 4.22. The molecule has 156 valence electrons. The van der Waals surface area contributed by atoms with E-state index in [0.29, 0.717) is 11.6 Å². The van der Waals surface area contributed by atoms with Gasteiger partial charge in [-0.15, -0.1) is 11.3 Å². The third kappa shape index (κ3) is 5.49. The van der Waals surface area contributed by atoms with Gasteiger partial charge in [-0.2, -0.15) is 0 Å². The van der Waals surface area contributed by atoms with Gasteiger partial charge in [-0.1, -0.05) is 0 Å². The van der Waals surface area contributed by atoms with Crippen LogP contribution in [0.25, 0.3) is 0 Å². The highest BCUT2D eigenvalue weighted by Crippen LogP contribution is 2.35. The minimum atomic E-state index is -0.860. The predicted octanol–water partition coefficient (Wildman–Crippen LogP) is 5.26. The summed E-state index contributed by atoms with van der Waals surface area (Å²) < 4.78 is 37.5. The number of carbonyl (C=O) groups is 2. The predicted molar refractivity (Wildman–Crippen MR) is 115 cm³/mol. The second kappa shape index (κ2) is 10.1. The van der Waals surface area contributed by atoms with Crippen LogP contribution in [0.4, 0.5) is 19.5 Å². The van der Waals surface area contributed by atoms with Gasteiger partial charge < -0.3 is 20.1 Å². The van der Waals surface area contributed by atoms with Crippen molar-refractivity contribution < 1.29 is 27.8 Å². The summed E-state index contributed by atoms with van der Waals surface area (Å²) in [7, 11) is 0. The monoisotopic (exact) mass is 506 g/mol.